The Morgan fingerprint density at radius 1 is 0.984 bits per heavy atom. The molecule has 3 aromatic rings. The topological polar surface area (TPSA) is 171 Å². The van der Waals surface area contributed by atoms with Gasteiger partial charge in [-0.1, -0.05) is 26.0 Å². The van der Waals surface area contributed by atoms with Gasteiger partial charge in [0.1, 0.15) is 11.2 Å². The zero-order valence-corrected chi connectivity index (χ0v) is 37.4. The lowest BCUT2D eigenvalue weighted by Crippen LogP contribution is -2.81. The van der Waals surface area contributed by atoms with E-state index >= 15 is 4.79 Å². The number of aromatic amines is 1. The number of piperidine rings is 1. The summed E-state index contributed by atoms with van der Waals surface area (Å²) in [5.41, 5.74) is -3.18. The van der Waals surface area contributed by atoms with Crippen molar-refractivity contribution in [2.45, 2.75) is 104 Å². The van der Waals surface area contributed by atoms with Crippen LogP contribution in [0.3, 0.4) is 0 Å². The summed E-state index contributed by atoms with van der Waals surface area (Å²) in [6.07, 6.45) is 7.85. The number of nitrogens with zero attached hydrogens (tertiary/aromatic N) is 3. The van der Waals surface area contributed by atoms with E-state index in [0.29, 0.717) is 99.5 Å². The summed E-state index contributed by atoms with van der Waals surface area (Å²) >= 11 is 1.64. The van der Waals surface area contributed by atoms with Crippen molar-refractivity contribution in [1.29, 1.82) is 0 Å². The van der Waals surface area contributed by atoms with Crippen molar-refractivity contribution < 1.29 is 48.3 Å². The lowest BCUT2D eigenvalue weighted by Gasteiger charge is -2.63. The molecule has 62 heavy (non-hydrogen) atoms. The van der Waals surface area contributed by atoms with Crippen LogP contribution in [-0.2, 0) is 50.6 Å². The van der Waals surface area contributed by atoms with E-state index < -0.39 is 63.5 Å². The number of esters is 3. The van der Waals surface area contributed by atoms with Gasteiger partial charge in [0, 0.05) is 83.1 Å². The van der Waals surface area contributed by atoms with Crippen molar-refractivity contribution in [3.8, 4) is 5.75 Å². The number of rotatable bonds is 9. The van der Waals surface area contributed by atoms with E-state index in [1.54, 1.807) is 17.8 Å². The van der Waals surface area contributed by atoms with Crippen LogP contribution in [0.5, 0.6) is 5.75 Å². The molecule has 14 nitrogen and oxygen atoms in total. The number of benzene rings is 2. The summed E-state index contributed by atoms with van der Waals surface area (Å²) in [6.45, 7) is 8.15. The number of thioether (sulfide) groups is 1. The maximum absolute atomic E-state index is 15.4. The van der Waals surface area contributed by atoms with Crippen LogP contribution in [0.1, 0.15) is 75.3 Å². The fourth-order valence-corrected chi connectivity index (χ4v) is 14.0. The lowest BCUT2D eigenvalue weighted by atomic mass is 9.47. The number of hydrogen-bond acceptors (Lipinski definition) is 13. The number of fused-ring (bicyclic) bond motifs is 6. The first-order valence-electron chi connectivity index (χ1n) is 21.8. The summed E-state index contributed by atoms with van der Waals surface area (Å²) < 4.78 is 23.8. The zero-order chi connectivity index (χ0) is 44.1. The maximum Gasteiger partial charge on any atom is 0.344 e. The largest absolute Gasteiger partial charge is 0.496 e. The zero-order valence-electron chi connectivity index (χ0n) is 36.6. The molecule has 0 radical (unpaired) electrons. The van der Waals surface area contributed by atoms with Gasteiger partial charge in [0.05, 0.1) is 38.7 Å². The molecule has 3 N–H and O–H groups in total. The van der Waals surface area contributed by atoms with Crippen LogP contribution < -0.4 is 9.64 Å². The van der Waals surface area contributed by atoms with Crippen LogP contribution >= 0.6 is 11.8 Å². The second-order valence-electron chi connectivity index (χ2n) is 18.5. The minimum Gasteiger partial charge on any atom is -0.496 e. The Bertz CT molecular complexity index is 2390. The SMILES string of the molecule is CC[C@]1(O)C[C@H]2CN(CCc3c([nH]c4ccc(SC)cc34)[C@@](C(=O)OC)(c3cc4c(cc3OC)N(C=O)C3[C@]45CCN4CC=C[C@@](CC)([C@@H](OC(C)=O)[C@]3(O)C(=O)OC)[C@H]45)C2)C1. The number of amides is 1. The highest BCUT2D eigenvalue weighted by Crippen LogP contribution is 2.68. The third kappa shape index (κ3) is 5.63. The minimum absolute atomic E-state index is 0.163. The first kappa shape index (κ1) is 42.9. The van der Waals surface area contributed by atoms with Gasteiger partial charge in [0.15, 0.2) is 6.10 Å². The Hall–Kier alpha value is -4.41. The number of H-pyrrole nitrogens is 1. The Balaban J connectivity index is 1.38. The van der Waals surface area contributed by atoms with Gasteiger partial charge in [-0.15, -0.1) is 11.8 Å². The van der Waals surface area contributed by atoms with Gasteiger partial charge in [-0.25, -0.2) is 4.79 Å². The summed E-state index contributed by atoms with van der Waals surface area (Å²) in [6, 6.07) is 8.24. The van der Waals surface area contributed by atoms with E-state index in [2.05, 4.69) is 26.9 Å². The molecule has 1 spiro atoms. The molecule has 6 heterocycles. The molecular formula is C47H58N4O10S. The lowest BCUT2D eigenvalue weighted by molar-refractivity contribution is -0.228. The molecule has 1 saturated carbocycles. The normalized spacial score (nSPS) is 35.7. The summed E-state index contributed by atoms with van der Waals surface area (Å²) in [4.78, 5) is 67.5. The van der Waals surface area contributed by atoms with Gasteiger partial charge in [0.25, 0.3) is 0 Å². The average Bonchev–Trinajstić information content (AvgIpc) is 3.95. The molecule has 2 saturated heterocycles. The number of carbonyl (C=O) groups is 4. The highest BCUT2D eigenvalue weighted by atomic mass is 32.2. The molecule has 1 amide bonds. The van der Waals surface area contributed by atoms with Crippen LogP contribution in [0, 0.1) is 11.3 Å². The number of aromatic nitrogens is 1. The van der Waals surface area contributed by atoms with Crippen molar-refractivity contribution in [3.63, 3.8) is 0 Å². The molecule has 1 aliphatic carbocycles. The van der Waals surface area contributed by atoms with Crippen LogP contribution in [-0.4, -0.2) is 139 Å². The first-order chi connectivity index (χ1) is 29.7. The Kier molecular flexibility index (Phi) is 10.4. The highest BCUT2D eigenvalue weighted by Gasteiger charge is 2.81. The van der Waals surface area contributed by atoms with Crippen molar-refractivity contribution in [2.75, 3.05) is 65.2 Å². The molecule has 15 heteroatoms. The van der Waals surface area contributed by atoms with Gasteiger partial charge >= 0.3 is 17.9 Å². The number of ether oxygens (including phenoxy) is 4. The molecule has 9 rings (SSSR count). The Morgan fingerprint density at radius 2 is 1.76 bits per heavy atom. The van der Waals surface area contributed by atoms with Gasteiger partial charge in [-0.2, -0.15) is 0 Å². The minimum atomic E-state index is -2.54. The molecule has 2 unspecified atom stereocenters. The standard InChI is InChI=1S/C47H58N4O10S/c1-8-43(56)22-28-23-46(41(54)59-5,37-30(13-17-49(24-28)25-43)31-19-29(62-7)11-12-34(31)48-37)33-20-32-35(21-36(33)58-4)51(26-52)39-45(32)15-18-50-16-10-14-44(9-2,38(45)50)40(61-27(3)53)47(39,57)42(55)60-6/h10-12,14,19-21,26,28,38-40,48,56-57H,8-9,13,15-18,22-25H2,1-7H3/t28-,38+,39?,40-,43+,44-,45-,46+,47+/m1/s1. The Labute approximate surface area is 366 Å². The quantitative estimate of drug-likeness (QED) is 0.0919. The number of aliphatic hydroxyl groups is 2. The fourth-order valence-electron chi connectivity index (χ4n) is 13.5. The van der Waals surface area contributed by atoms with Gasteiger partial charge in [-0.3, -0.25) is 24.2 Å². The summed E-state index contributed by atoms with van der Waals surface area (Å²) in [5, 5.41) is 26.4. The van der Waals surface area contributed by atoms with Crippen LogP contribution in [0.25, 0.3) is 10.9 Å². The second kappa shape index (κ2) is 15.1. The molecule has 5 aliphatic heterocycles. The Morgan fingerprint density at radius 3 is 2.42 bits per heavy atom. The van der Waals surface area contributed by atoms with Gasteiger partial charge in [-0.05, 0) is 92.6 Å². The first-order valence-corrected chi connectivity index (χ1v) is 23.0. The van der Waals surface area contributed by atoms with Crippen LogP contribution in [0.4, 0.5) is 5.69 Å². The number of hydrogen-bond donors (Lipinski definition) is 3. The fraction of sp³-hybridized carbons (Fsp3) is 0.574. The average molecular weight is 871 g/mol. The smallest absolute Gasteiger partial charge is 0.344 e. The molecule has 2 aromatic carbocycles. The summed E-state index contributed by atoms with van der Waals surface area (Å²) in [5.74, 6) is -2.07. The van der Waals surface area contributed by atoms with E-state index in [1.807, 2.05) is 44.4 Å². The second-order valence-corrected chi connectivity index (χ2v) is 19.4. The highest BCUT2D eigenvalue weighted by molar-refractivity contribution is 7.98. The predicted octanol–water partition coefficient (Wildman–Crippen LogP) is 4.24. The molecule has 3 fully saturated rings. The molecule has 1 aromatic heterocycles. The summed E-state index contributed by atoms with van der Waals surface area (Å²) in [7, 11) is 4.10. The van der Waals surface area contributed by atoms with Crippen molar-refractivity contribution in [3.05, 3.63) is 64.9 Å². The molecule has 6 aliphatic rings. The maximum atomic E-state index is 15.4. The van der Waals surface area contributed by atoms with E-state index in [4.69, 9.17) is 18.9 Å². The van der Waals surface area contributed by atoms with Gasteiger partial charge in [0.2, 0.25) is 12.0 Å². The number of methoxy groups -OCH3 is 3. The van der Waals surface area contributed by atoms with Gasteiger partial charge < -0.3 is 39.0 Å². The third-order valence-electron chi connectivity index (χ3n) is 15.8. The molecule has 332 valence electrons. The van der Waals surface area contributed by atoms with E-state index in [9.17, 15) is 24.6 Å². The monoisotopic (exact) mass is 870 g/mol. The van der Waals surface area contributed by atoms with E-state index in [-0.39, 0.29) is 12.3 Å². The number of anilines is 1. The third-order valence-corrected chi connectivity index (χ3v) is 16.5. The number of carbonyl (C=O) groups excluding carboxylic acids is 4. The molecule has 2 bridgehead atoms. The van der Waals surface area contributed by atoms with Crippen molar-refractivity contribution in [1.82, 2.24) is 14.8 Å². The van der Waals surface area contributed by atoms with Crippen LogP contribution in [0.2, 0.25) is 0 Å². The van der Waals surface area contributed by atoms with E-state index in [0.717, 1.165) is 21.4 Å². The number of nitrogens with one attached hydrogen (secondary N) is 1. The van der Waals surface area contributed by atoms with E-state index in [1.165, 1.54) is 33.2 Å². The predicted molar refractivity (Wildman–Crippen MR) is 232 cm³/mol. The molecular weight excluding hydrogens is 813 g/mol. The molecule has 10 atom stereocenters. The van der Waals surface area contributed by atoms with Crippen molar-refractivity contribution >= 4 is 52.7 Å². The van der Waals surface area contributed by atoms with Crippen LogP contribution in [0.15, 0.2) is 47.4 Å². The van der Waals surface area contributed by atoms with Crippen molar-refractivity contribution in [2.24, 2.45) is 11.3 Å².